The van der Waals surface area contributed by atoms with Gasteiger partial charge in [0.1, 0.15) is 0 Å². The smallest absolute Gasteiger partial charge is 0.215 e. The van der Waals surface area contributed by atoms with Gasteiger partial charge < -0.3 is 4.57 Å². The number of nitrogens with zero attached hydrogens (tertiary/aromatic N) is 4. The first-order valence-corrected chi connectivity index (χ1v) is 9.57. The molecule has 3 rings (SSSR count). The van der Waals surface area contributed by atoms with Crippen molar-refractivity contribution in [3.05, 3.63) is 65.7 Å². The number of nitrogens with one attached hydrogen (secondary N) is 1. The molecule has 0 saturated carbocycles. The van der Waals surface area contributed by atoms with Crippen LogP contribution >= 0.6 is 11.6 Å². The van der Waals surface area contributed by atoms with Crippen molar-refractivity contribution >= 4 is 21.6 Å². The Labute approximate surface area is 150 Å². The van der Waals surface area contributed by atoms with Gasteiger partial charge in [-0.2, -0.15) is 0 Å². The minimum atomic E-state index is -3.49. The Morgan fingerprint density at radius 2 is 1.80 bits per heavy atom. The Morgan fingerprint density at radius 3 is 2.56 bits per heavy atom. The highest BCUT2D eigenvalue weighted by Gasteiger charge is 2.14. The van der Waals surface area contributed by atoms with E-state index < -0.39 is 10.0 Å². The first-order chi connectivity index (χ1) is 12.1. The van der Waals surface area contributed by atoms with Crippen molar-refractivity contribution in [3.8, 4) is 11.6 Å². The van der Waals surface area contributed by atoms with Crippen molar-refractivity contribution in [2.24, 2.45) is 0 Å². The molecule has 0 bridgehead atoms. The molecule has 0 unspecified atom stereocenters. The van der Waals surface area contributed by atoms with Crippen molar-refractivity contribution in [2.75, 3.05) is 6.54 Å². The van der Waals surface area contributed by atoms with E-state index >= 15 is 0 Å². The molecule has 0 spiro atoms. The normalized spacial score (nSPS) is 11.6. The molecule has 0 fully saturated rings. The van der Waals surface area contributed by atoms with Crippen molar-refractivity contribution in [3.63, 3.8) is 0 Å². The van der Waals surface area contributed by atoms with Crippen LogP contribution < -0.4 is 4.72 Å². The molecule has 3 aromatic rings. The van der Waals surface area contributed by atoms with Crippen LogP contribution in [0.15, 0.2) is 55.1 Å². The fourth-order valence-electron chi connectivity index (χ4n) is 2.30. The SMILES string of the molecule is O=S(=O)(Cc1ccccc1Cl)NCCn1ccnc1-c1ncccn1. The van der Waals surface area contributed by atoms with Crippen LogP contribution in [-0.4, -0.2) is 34.5 Å². The molecule has 1 aromatic carbocycles. The highest BCUT2D eigenvalue weighted by Crippen LogP contribution is 2.17. The fourth-order valence-corrected chi connectivity index (χ4v) is 3.75. The van der Waals surface area contributed by atoms with Crippen molar-refractivity contribution in [2.45, 2.75) is 12.3 Å². The van der Waals surface area contributed by atoms with Crippen LogP contribution in [0.2, 0.25) is 5.02 Å². The van der Waals surface area contributed by atoms with Crippen LogP contribution in [0.1, 0.15) is 5.56 Å². The van der Waals surface area contributed by atoms with Gasteiger partial charge in [-0.3, -0.25) is 0 Å². The van der Waals surface area contributed by atoms with Crippen LogP contribution in [0, 0.1) is 0 Å². The molecule has 0 aliphatic carbocycles. The summed E-state index contributed by atoms with van der Waals surface area (Å²) >= 11 is 6.02. The Balaban J connectivity index is 1.62. The number of sulfonamides is 1. The van der Waals surface area contributed by atoms with E-state index in [0.717, 1.165) is 0 Å². The maximum atomic E-state index is 12.2. The van der Waals surface area contributed by atoms with Crippen molar-refractivity contribution in [1.29, 1.82) is 0 Å². The topological polar surface area (TPSA) is 89.8 Å². The Hall–Kier alpha value is -2.29. The molecule has 0 aliphatic rings. The third-order valence-electron chi connectivity index (χ3n) is 3.46. The molecule has 0 aliphatic heterocycles. The summed E-state index contributed by atoms with van der Waals surface area (Å²) in [5.41, 5.74) is 0.567. The first-order valence-electron chi connectivity index (χ1n) is 7.54. The molecular weight excluding hydrogens is 362 g/mol. The number of aromatic nitrogens is 4. The summed E-state index contributed by atoms with van der Waals surface area (Å²) in [6, 6.07) is 8.61. The molecule has 25 heavy (non-hydrogen) atoms. The Morgan fingerprint density at radius 1 is 1.04 bits per heavy atom. The summed E-state index contributed by atoms with van der Waals surface area (Å²) in [7, 11) is -3.49. The Bertz CT molecular complexity index is 944. The first kappa shape index (κ1) is 17.5. The number of imidazole rings is 1. The van der Waals surface area contributed by atoms with Gasteiger partial charge in [0.15, 0.2) is 11.6 Å². The second-order valence-electron chi connectivity index (χ2n) is 5.26. The van der Waals surface area contributed by atoms with E-state index in [4.69, 9.17) is 11.6 Å². The average Bonchev–Trinajstić information content (AvgIpc) is 3.06. The predicted molar refractivity (Wildman–Crippen MR) is 95.3 cm³/mol. The summed E-state index contributed by atoms with van der Waals surface area (Å²) in [6.45, 7) is 0.637. The summed E-state index contributed by atoms with van der Waals surface area (Å²) in [6.07, 6.45) is 6.65. The van der Waals surface area contributed by atoms with Crippen LogP contribution in [0.3, 0.4) is 0 Å². The minimum absolute atomic E-state index is 0.161. The van der Waals surface area contributed by atoms with Gasteiger partial charge in [0.25, 0.3) is 0 Å². The predicted octanol–water partition coefficient (Wildman–Crippen LogP) is 2.11. The second kappa shape index (κ2) is 7.73. The van der Waals surface area contributed by atoms with E-state index in [9.17, 15) is 8.42 Å². The summed E-state index contributed by atoms with van der Waals surface area (Å²) in [5.74, 6) is 0.919. The van der Waals surface area contributed by atoms with Crippen molar-refractivity contribution in [1.82, 2.24) is 24.2 Å². The van der Waals surface area contributed by atoms with Gasteiger partial charge in [-0.1, -0.05) is 29.8 Å². The standard InChI is InChI=1S/C16H16ClN5O2S/c17-14-5-2-1-4-13(14)12-25(23,24)21-9-11-22-10-8-20-16(22)15-18-6-3-7-19-15/h1-8,10,21H,9,11-12H2. The van der Waals surface area contributed by atoms with E-state index in [1.165, 1.54) is 0 Å². The average molecular weight is 378 g/mol. The zero-order valence-electron chi connectivity index (χ0n) is 13.2. The molecule has 0 amide bonds. The highest BCUT2D eigenvalue weighted by atomic mass is 35.5. The molecule has 2 aromatic heterocycles. The quantitative estimate of drug-likeness (QED) is 0.681. The monoisotopic (exact) mass is 377 g/mol. The van der Waals surface area contributed by atoms with E-state index in [2.05, 4.69) is 19.7 Å². The van der Waals surface area contributed by atoms with Gasteiger partial charge in [-0.15, -0.1) is 0 Å². The van der Waals surface area contributed by atoms with Crippen molar-refractivity contribution < 1.29 is 8.42 Å². The fraction of sp³-hybridized carbons (Fsp3) is 0.188. The van der Waals surface area contributed by atoms with Gasteiger partial charge in [0.05, 0.1) is 5.75 Å². The number of benzene rings is 1. The largest absolute Gasteiger partial charge is 0.327 e. The number of halogens is 1. The molecule has 2 heterocycles. The van der Waals surface area contributed by atoms with E-state index in [1.54, 1.807) is 59.7 Å². The lowest BCUT2D eigenvalue weighted by molar-refractivity contribution is 0.572. The van der Waals surface area contributed by atoms with Gasteiger partial charge in [0.2, 0.25) is 10.0 Å². The minimum Gasteiger partial charge on any atom is -0.327 e. The van der Waals surface area contributed by atoms with Crippen LogP contribution in [0.5, 0.6) is 0 Å². The van der Waals surface area contributed by atoms with Crippen LogP contribution in [-0.2, 0) is 22.3 Å². The number of hydrogen-bond donors (Lipinski definition) is 1. The third-order valence-corrected chi connectivity index (χ3v) is 5.16. The molecule has 130 valence electrons. The molecule has 9 heteroatoms. The zero-order chi connectivity index (χ0) is 17.7. The lowest BCUT2D eigenvalue weighted by atomic mass is 10.2. The third kappa shape index (κ3) is 4.62. The molecule has 0 atom stereocenters. The van der Waals surface area contributed by atoms with Gasteiger partial charge in [0, 0.05) is 42.9 Å². The molecule has 1 N–H and O–H groups in total. The van der Waals surface area contributed by atoms with Gasteiger partial charge in [-0.05, 0) is 17.7 Å². The summed E-state index contributed by atoms with van der Waals surface area (Å²) in [5, 5.41) is 0.436. The van der Waals surface area contributed by atoms with Crippen LogP contribution in [0.25, 0.3) is 11.6 Å². The maximum absolute atomic E-state index is 12.2. The Kier molecular flexibility index (Phi) is 5.42. The van der Waals surface area contributed by atoms with Gasteiger partial charge >= 0.3 is 0 Å². The van der Waals surface area contributed by atoms with E-state index in [-0.39, 0.29) is 12.3 Å². The maximum Gasteiger partial charge on any atom is 0.215 e. The number of rotatable bonds is 7. The summed E-state index contributed by atoms with van der Waals surface area (Å²) in [4.78, 5) is 12.5. The number of hydrogen-bond acceptors (Lipinski definition) is 5. The molecule has 0 radical (unpaired) electrons. The lowest BCUT2D eigenvalue weighted by Crippen LogP contribution is -2.28. The molecular formula is C16H16ClN5O2S. The van der Waals surface area contributed by atoms with Gasteiger partial charge in [-0.25, -0.2) is 28.1 Å². The lowest BCUT2D eigenvalue weighted by Gasteiger charge is -2.10. The van der Waals surface area contributed by atoms with Crippen LogP contribution in [0.4, 0.5) is 0 Å². The second-order valence-corrected chi connectivity index (χ2v) is 7.48. The van der Waals surface area contributed by atoms with E-state index in [1.807, 2.05) is 0 Å². The zero-order valence-corrected chi connectivity index (χ0v) is 14.8. The van der Waals surface area contributed by atoms with E-state index in [0.29, 0.717) is 28.8 Å². The highest BCUT2D eigenvalue weighted by molar-refractivity contribution is 7.88. The molecule has 7 nitrogen and oxygen atoms in total. The summed E-state index contributed by atoms with van der Waals surface area (Å²) < 4.78 is 28.8. The molecule has 0 saturated heterocycles.